The Kier molecular flexibility index (Phi) is 2.27. The van der Waals surface area contributed by atoms with E-state index in [2.05, 4.69) is 35.4 Å². The van der Waals surface area contributed by atoms with Gasteiger partial charge in [0.05, 0.1) is 0 Å². The molecule has 0 saturated carbocycles. The van der Waals surface area contributed by atoms with E-state index in [0.717, 1.165) is 18.7 Å². The molecule has 0 aliphatic rings. The summed E-state index contributed by atoms with van der Waals surface area (Å²) < 4.78 is 4.62. The summed E-state index contributed by atoms with van der Waals surface area (Å²) in [5, 5.41) is 3.73. The summed E-state index contributed by atoms with van der Waals surface area (Å²) in [6, 6.07) is 0. The van der Waals surface area contributed by atoms with Crippen LogP contribution in [-0.2, 0) is 6.42 Å². The van der Waals surface area contributed by atoms with E-state index in [9.17, 15) is 0 Å². The number of hydrogen-bond donors (Lipinski definition) is 0. The maximum atomic E-state index is 4.62. The maximum absolute atomic E-state index is 4.62. The molecule has 0 atom stereocenters. The van der Waals surface area contributed by atoms with E-state index in [-0.39, 0.29) is 0 Å². The van der Waals surface area contributed by atoms with Crippen LogP contribution in [0.1, 0.15) is 33.0 Å². The van der Waals surface area contributed by atoms with E-state index in [1.807, 2.05) is 0 Å². The lowest BCUT2D eigenvalue weighted by Gasteiger charge is -2.15. The van der Waals surface area contributed by atoms with Crippen molar-refractivity contribution in [3.05, 3.63) is 12.2 Å². The Morgan fingerprint density at radius 1 is 1.45 bits per heavy atom. The molecular formula is C8H14N2O. The topological polar surface area (TPSA) is 38.9 Å². The Morgan fingerprint density at radius 2 is 2.18 bits per heavy atom. The molecule has 11 heavy (non-hydrogen) atoms. The molecule has 0 N–H and O–H groups in total. The van der Waals surface area contributed by atoms with Crippen LogP contribution in [0.3, 0.4) is 0 Å². The quantitative estimate of drug-likeness (QED) is 0.654. The molecule has 1 aromatic heterocycles. The van der Waals surface area contributed by atoms with Gasteiger partial charge in [0.25, 0.3) is 0 Å². The molecule has 0 aliphatic carbocycles. The molecule has 0 fully saturated rings. The molecule has 0 spiro atoms. The fourth-order valence-electron chi connectivity index (χ4n) is 0.789. The van der Waals surface area contributed by atoms with Gasteiger partial charge in [-0.1, -0.05) is 25.9 Å². The van der Waals surface area contributed by atoms with Gasteiger partial charge in [-0.2, -0.15) is 4.98 Å². The molecule has 62 valence electrons. The van der Waals surface area contributed by atoms with Crippen molar-refractivity contribution in [1.82, 2.24) is 10.1 Å². The van der Waals surface area contributed by atoms with E-state index in [1.54, 1.807) is 0 Å². The van der Waals surface area contributed by atoms with Crippen molar-refractivity contribution >= 4 is 0 Å². The monoisotopic (exact) mass is 154 g/mol. The van der Waals surface area contributed by atoms with Gasteiger partial charge in [0.15, 0.2) is 5.82 Å². The summed E-state index contributed by atoms with van der Waals surface area (Å²) in [5.41, 5.74) is 0.348. The molecule has 0 unspecified atom stereocenters. The SMILES string of the molecule is CC(C)(C)CCc1ncon1. The first-order chi connectivity index (χ1) is 5.08. The van der Waals surface area contributed by atoms with Gasteiger partial charge in [-0.05, 0) is 11.8 Å². The van der Waals surface area contributed by atoms with E-state index in [0.29, 0.717) is 5.41 Å². The van der Waals surface area contributed by atoms with Gasteiger partial charge in [-0.15, -0.1) is 0 Å². The molecule has 3 nitrogen and oxygen atoms in total. The predicted molar refractivity (Wildman–Crippen MR) is 42.1 cm³/mol. The largest absolute Gasteiger partial charge is 0.343 e. The fourth-order valence-corrected chi connectivity index (χ4v) is 0.789. The normalized spacial score (nSPS) is 11.9. The van der Waals surface area contributed by atoms with Gasteiger partial charge in [0, 0.05) is 6.42 Å². The number of aromatic nitrogens is 2. The summed E-state index contributed by atoms with van der Waals surface area (Å²) in [4.78, 5) is 3.94. The lowest BCUT2D eigenvalue weighted by Crippen LogP contribution is -2.06. The number of aryl methyl sites for hydroxylation is 1. The van der Waals surface area contributed by atoms with Gasteiger partial charge < -0.3 is 4.52 Å². The third-order valence-corrected chi connectivity index (χ3v) is 1.51. The Labute approximate surface area is 66.8 Å². The van der Waals surface area contributed by atoms with E-state index >= 15 is 0 Å². The van der Waals surface area contributed by atoms with Gasteiger partial charge in [-0.3, -0.25) is 0 Å². The number of hydrogen-bond acceptors (Lipinski definition) is 3. The summed E-state index contributed by atoms with van der Waals surface area (Å²) in [7, 11) is 0. The molecule has 3 heteroatoms. The Bertz CT molecular complexity index is 198. The van der Waals surface area contributed by atoms with Gasteiger partial charge in [-0.25, -0.2) is 0 Å². The smallest absolute Gasteiger partial charge is 0.213 e. The molecule has 0 radical (unpaired) electrons. The number of rotatable bonds is 2. The zero-order valence-corrected chi connectivity index (χ0v) is 7.29. The van der Waals surface area contributed by atoms with Gasteiger partial charge >= 0.3 is 0 Å². The van der Waals surface area contributed by atoms with Crippen LogP contribution in [0.15, 0.2) is 10.9 Å². The molecule has 0 bridgehead atoms. The van der Waals surface area contributed by atoms with Crippen LogP contribution in [0.25, 0.3) is 0 Å². The molecule has 1 aromatic rings. The summed E-state index contributed by atoms with van der Waals surface area (Å²) in [6.07, 6.45) is 3.37. The van der Waals surface area contributed by atoms with E-state index in [4.69, 9.17) is 0 Å². The van der Waals surface area contributed by atoms with Crippen molar-refractivity contribution < 1.29 is 4.52 Å². The highest BCUT2D eigenvalue weighted by Gasteiger charge is 2.11. The molecule has 0 aromatic carbocycles. The third-order valence-electron chi connectivity index (χ3n) is 1.51. The first kappa shape index (κ1) is 8.24. The second-order valence-corrected chi connectivity index (χ2v) is 3.91. The van der Waals surface area contributed by atoms with E-state index in [1.165, 1.54) is 6.39 Å². The van der Waals surface area contributed by atoms with Crippen molar-refractivity contribution in [3.63, 3.8) is 0 Å². The highest BCUT2D eigenvalue weighted by atomic mass is 16.5. The fraction of sp³-hybridized carbons (Fsp3) is 0.750. The second kappa shape index (κ2) is 3.03. The summed E-state index contributed by atoms with van der Waals surface area (Å²) >= 11 is 0. The minimum absolute atomic E-state index is 0.348. The van der Waals surface area contributed by atoms with Crippen molar-refractivity contribution in [3.8, 4) is 0 Å². The van der Waals surface area contributed by atoms with Crippen LogP contribution >= 0.6 is 0 Å². The summed E-state index contributed by atoms with van der Waals surface area (Å²) in [5.74, 6) is 0.805. The van der Waals surface area contributed by atoms with Crippen LogP contribution < -0.4 is 0 Å². The molecule has 1 heterocycles. The lowest BCUT2D eigenvalue weighted by atomic mass is 9.90. The molecule has 1 rings (SSSR count). The first-order valence-corrected chi connectivity index (χ1v) is 3.83. The van der Waals surface area contributed by atoms with Crippen LogP contribution in [0.2, 0.25) is 0 Å². The molecular weight excluding hydrogens is 140 g/mol. The molecule has 0 amide bonds. The Balaban J connectivity index is 2.35. The van der Waals surface area contributed by atoms with E-state index < -0.39 is 0 Å². The predicted octanol–water partition coefficient (Wildman–Crippen LogP) is 2.05. The Hall–Kier alpha value is -0.860. The minimum atomic E-state index is 0.348. The second-order valence-electron chi connectivity index (χ2n) is 3.91. The van der Waals surface area contributed by atoms with Gasteiger partial charge in [0.2, 0.25) is 6.39 Å². The van der Waals surface area contributed by atoms with Crippen molar-refractivity contribution in [2.75, 3.05) is 0 Å². The average Bonchev–Trinajstić information content (AvgIpc) is 2.32. The summed E-state index contributed by atoms with van der Waals surface area (Å²) in [6.45, 7) is 6.60. The minimum Gasteiger partial charge on any atom is -0.343 e. The maximum Gasteiger partial charge on any atom is 0.213 e. The van der Waals surface area contributed by atoms with Crippen LogP contribution in [0, 0.1) is 5.41 Å². The van der Waals surface area contributed by atoms with Crippen molar-refractivity contribution in [1.29, 1.82) is 0 Å². The zero-order chi connectivity index (χ0) is 8.32. The van der Waals surface area contributed by atoms with Gasteiger partial charge in [0.1, 0.15) is 0 Å². The van der Waals surface area contributed by atoms with Crippen LogP contribution in [0.4, 0.5) is 0 Å². The van der Waals surface area contributed by atoms with Crippen molar-refractivity contribution in [2.45, 2.75) is 33.6 Å². The first-order valence-electron chi connectivity index (χ1n) is 3.83. The van der Waals surface area contributed by atoms with Crippen LogP contribution in [-0.4, -0.2) is 10.1 Å². The standard InChI is InChI=1S/C8H14N2O/c1-8(2,3)5-4-7-9-6-11-10-7/h6H,4-5H2,1-3H3. The molecule has 0 aliphatic heterocycles. The van der Waals surface area contributed by atoms with Crippen molar-refractivity contribution in [2.24, 2.45) is 5.41 Å². The Morgan fingerprint density at radius 3 is 2.64 bits per heavy atom. The third kappa shape index (κ3) is 3.16. The highest BCUT2D eigenvalue weighted by molar-refractivity contribution is 4.80. The zero-order valence-electron chi connectivity index (χ0n) is 7.29. The lowest BCUT2D eigenvalue weighted by molar-refractivity contribution is 0.364. The highest BCUT2D eigenvalue weighted by Crippen LogP contribution is 2.19. The average molecular weight is 154 g/mol. The molecule has 0 saturated heterocycles. The van der Waals surface area contributed by atoms with Crippen LogP contribution in [0.5, 0.6) is 0 Å². The number of nitrogens with zero attached hydrogens (tertiary/aromatic N) is 2.